The summed E-state index contributed by atoms with van der Waals surface area (Å²) in [6.45, 7) is 10.4. The number of ether oxygens (including phenoxy) is 4. The number of carbonyl (C=O) groups is 2. The molecule has 2 amide bonds. The molecule has 10 rings (SSSR count). The molecule has 19 nitrogen and oxygen atoms in total. The fraction of sp³-hybridized carbons (Fsp3) is 0.418. The maximum atomic E-state index is 13.0. The van der Waals surface area contributed by atoms with Crippen LogP contribution in [0.25, 0.3) is 22.5 Å². The highest BCUT2D eigenvalue weighted by Crippen LogP contribution is 2.30. The molecule has 0 radical (unpaired) electrons. The number of nitriles is 2. The molecule has 4 aromatic heterocycles. The van der Waals surface area contributed by atoms with Crippen molar-refractivity contribution < 1.29 is 38.7 Å². The number of thiophene rings is 2. The molecular formula is C55H62ClN11O8S2. The molecule has 77 heavy (non-hydrogen) atoms. The van der Waals surface area contributed by atoms with Crippen molar-refractivity contribution in [3.05, 3.63) is 122 Å². The van der Waals surface area contributed by atoms with Crippen LogP contribution in [0.3, 0.4) is 0 Å². The third-order valence-electron chi connectivity index (χ3n) is 13.2. The van der Waals surface area contributed by atoms with Crippen molar-refractivity contribution in [3.63, 3.8) is 0 Å². The number of rotatable bonds is 14. The number of nitrogens with two attached hydrogens (primary N) is 1. The average molecular weight is 1100 g/mol. The van der Waals surface area contributed by atoms with E-state index >= 15 is 0 Å². The summed E-state index contributed by atoms with van der Waals surface area (Å²) >= 11 is 8.61. The lowest BCUT2D eigenvalue weighted by Gasteiger charge is -2.34. The Hall–Kier alpha value is -6.63. The lowest BCUT2D eigenvalue weighted by atomic mass is 10.1. The zero-order valence-corrected chi connectivity index (χ0v) is 45.1. The number of aliphatic hydroxyl groups is 2. The molecule has 22 heteroatoms. The molecule has 0 aliphatic carbocycles. The number of carbonyl (C=O) groups excluding carboxylic acids is 2. The summed E-state index contributed by atoms with van der Waals surface area (Å²) in [7, 11) is 0. The van der Waals surface area contributed by atoms with Gasteiger partial charge in [-0.05, 0) is 84.4 Å². The van der Waals surface area contributed by atoms with Crippen molar-refractivity contribution in [3.8, 4) is 46.2 Å². The fourth-order valence-corrected chi connectivity index (χ4v) is 10.9. The molecule has 0 saturated carbocycles. The second-order valence-corrected chi connectivity index (χ2v) is 21.1. The molecule has 4 fully saturated rings. The highest BCUT2D eigenvalue weighted by atomic mass is 35.5. The van der Waals surface area contributed by atoms with Crippen molar-refractivity contribution >= 4 is 51.1 Å². The highest BCUT2D eigenvalue weighted by molar-refractivity contribution is 7.17. The lowest BCUT2D eigenvalue weighted by molar-refractivity contribution is 0.0252. The predicted molar refractivity (Wildman–Crippen MR) is 293 cm³/mol. The van der Waals surface area contributed by atoms with E-state index in [2.05, 4.69) is 36.9 Å². The molecule has 8 heterocycles. The molecule has 4 aliphatic rings. The first-order valence-corrected chi connectivity index (χ1v) is 27.7. The molecule has 0 bridgehead atoms. The van der Waals surface area contributed by atoms with Gasteiger partial charge in [0, 0.05) is 126 Å². The number of piperazine rings is 2. The number of hydrogen-bond acceptors (Lipinski definition) is 19. The van der Waals surface area contributed by atoms with Crippen LogP contribution < -0.4 is 15.2 Å². The van der Waals surface area contributed by atoms with Crippen LogP contribution in [0.1, 0.15) is 66.9 Å². The van der Waals surface area contributed by atoms with Crippen LogP contribution in [-0.4, -0.2) is 179 Å². The number of halogens is 1. The van der Waals surface area contributed by atoms with Crippen LogP contribution in [0.15, 0.2) is 85.2 Å². The third kappa shape index (κ3) is 16.2. The molecule has 4 saturated heterocycles. The molecule has 0 unspecified atom stereocenters. The molecule has 2 aromatic carbocycles. The van der Waals surface area contributed by atoms with Crippen molar-refractivity contribution in [1.82, 2.24) is 39.5 Å². The van der Waals surface area contributed by atoms with Gasteiger partial charge in [0.1, 0.15) is 41.7 Å². The van der Waals surface area contributed by atoms with E-state index in [4.69, 9.17) is 51.5 Å². The van der Waals surface area contributed by atoms with E-state index in [9.17, 15) is 20.1 Å². The van der Waals surface area contributed by atoms with Crippen LogP contribution in [-0.2, 0) is 15.9 Å². The topological polar surface area (TPSA) is 250 Å². The molecule has 4 N–H and O–H groups in total. The van der Waals surface area contributed by atoms with Gasteiger partial charge in [0.15, 0.2) is 0 Å². The second-order valence-electron chi connectivity index (χ2n) is 18.4. The van der Waals surface area contributed by atoms with Gasteiger partial charge in [-0.3, -0.25) is 19.4 Å². The van der Waals surface area contributed by atoms with Gasteiger partial charge in [0.2, 0.25) is 5.28 Å². The van der Waals surface area contributed by atoms with Gasteiger partial charge in [-0.25, -0.2) is 19.9 Å². The number of amides is 2. The van der Waals surface area contributed by atoms with Crippen molar-refractivity contribution in [2.24, 2.45) is 0 Å². The summed E-state index contributed by atoms with van der Waals surface area (Å²) in [6.07, 6.45) is 7.31. The summed E-state index contributed by atoms with van der Waals surface area (Å²) in [5.74, 6) is 1.95. The largest absolute Gasteiger partial charge is 0.489 e. The molecular weight excluding hydrogens is 1040 g/mol. The van der Waals surface area contributed by atoms with E-state index in [1.165, 1.54) is 22.7 Å². The Balaban J connectivity index is 0.000000169. The monoisotopic (exact) mass is 1100 g/mol. The molecule has 6 aromatic rings. The molecule has 404 valence electrons. The van der Waals surface area contributed by atoms with Crippen molar-refractivity contribution in [2.75, 3.05) is 111 Å². The normalized spacial score (nSPS) is 16.5. The minimum absolute atomic E-state index is 0.0478. The van der Waals surface area contributed by atoms with Gasteiger partial charge >= 0.3 is 0 Å². The number of hydrogen-bond donors (Lipinski definition) is 3. The fourth-order valence-electron chi connectivity index (χ4n) is 9.00. The van der Waals surface area contributed by atoms with E-state index in [1.807, 2.05) is 52.3 Å². The van der Waals surface area contributed by atoms with Crippen LogP contribution in [0.5, 0.6) is 11.5 Å². The summed E-state index contributed by atoms with van der Waals surface area (Å²) in [4.78, 5) is 52.7. The van der Waals surface area contributed by atoms with Crippen molar-refractivity contribution in [1.29, 1.82) is 10.5 Å². The van der Waals surface area contributed by atoms with Gasteiger partial charge in [-0.2, -0.15) is 10.5 Å². The summed E-state index contributed by atoms with van der Waals surface area (Å²) in [6, 6.07) is 26.4. The van der Waals surface area contributed by atoms with Crippen LogP contribution in [0.2, 0.25) is 5.28 Å². The number of nitrogens with zero attached hydrogens (tertiary/aromatic N) is 10. The number of aromatic nitrogens is 4. The summed E-state index contributed by atoms with van der Waals surface area (Å²) in [5, 5.41) is 37.9. The average Bonchev–Trinajstić information content (AvgIpc) is 4.13. The molecule has 0 spiro atoms. The second kappa shape index (κ2) is 28.7. The number of nitrogen functional groups attached to an aromatic ring is 1. The van der Waals surface area contributed by atoms with Crippen LogP contribution >= 0.6 is 34.3 Å². The van der Waals surface area contributed by atoms with Gasteiger partial charge in [0.05, 0.1) is 76.9 Å². The number of anilines is 1. The smallest absolute Gasteiger partial charge is 0.264 e. The van der Waals surface area contributed by atoms with E-state index in [-0.39, 0.29) is 42.5 Å². The minimum atomic E-state index is 0.0478. The lowest BCUT2D eigenvalue weighted by Crippen LogP contribution is -2.49. The zero-order valence-electron chi connectivity index (χ0n) is 42.7. The third-order valence-corrected chi connectivity index (χ3v) is 15.4. The SMILES string of the molecule is N#Cc1cc(-c2ccnc(Cc3ccc(C(=O)N4CCN(CCO)CC4)s3)n2)ccc1OC1CCOCC1.N#Cc1cc(-c2ccnc(Cl)n2)ccc1OC1CCOCC1.Nc1ccc(C(=O)N2CCN(CCO)CC2)s1. The van der Waals surface area contributed by atoms with Gasteiger partial charge in [-0.1, -0.05) is 0 Å². The van der Waals surface area contributed by atoms with E-state index in [0.29, 0.717) is 108 Å². The van der Waals surface area contributed by atoms with Crippen molar-refractivity contribution in [2.45, 2.75) is 44.3 Å². The Kier molecular flexibility index (Phi) is 21.1. The van der Waals surface area contributed by atoms with E-state index in [0.717, 1.165) is 86.6 Å². The Morgan fingerprint density at radius 3 is 1.60 bits per heavy atom. The maximum absolute atomic E-state index is 13.0. The van der Waals surface area contributed by atoms with E-state index < -0.39 is 0 Å². The highest BCUT2D eigenvalue weighted by Gasteiger charge is 2.25. The minimum Gasteiger partial charge on any atom is -0.489 e. The van der Waals surface area contributed by atoms with Gasteiger partial charge < -0.3 is 44.7 Å². The Labute approximate surface area is 461 Å². The predicted octanol–water partition coefficient (Wildman–Crippen LogP) is 6.28. The Bertz CT molecular complexity index is 2980. The number of benzene rings is 2. The van der Waals surface area contributed by atoms with Gasteiger partial charge in [-0.15, -0.1) is 22.7 Å². The molecule has 4 aliphatic heterocycles. The first-order valence-electron chi connectivity index (χ1n) is 25.7. The first kappa shape index (κ1) is 56.6. The quantitative estimate of drug-likeness (QED) is 0.102. The van der Waals surface area contributed by atoms with Crippen LogP contribution in [0, 0.1) is 22.7 Å². The Morgan fingerprint density at radius 2 is 1.13 bits per heavy atom. The summed E-state index contributed by atoms with van der Waals surface area (Å²) < 4.78 is 22.7. The summed E-state index contributed by atoms with van der Waals surface area (Å²) in [5.41, 5.74) is 9.62. The molecule has 0 atom stereocenters. The van der Waals surface area contributed by atoms with Gasteiger partial charge in [0.25, 0.3) is 11.8 Å². The standard InChI is InChI=1S/C28H31N5O4S.C16H14ClN3O2.C11H17N3O2S/c29-19-21-17-20(1-3-25(21)37-22-6-15-36-16-7-22)24-5-8-30-27(31-24)18-23-2-4-26(38-23)28(35)33-11-9-32(10-12-33)13-14-34;17-16-19-6-3-14(20-16)11-1-2-15(12(9-11)10-18)22-13-4-7-21-8-5-13;12-10-2-1-9(17-10)11(16)14-5-3-13(4-6-14)7-8-15/h1-5,8,17,22,34H,6-7,9-16,18H2;1-3,6,9,13H,4-5,7-8H2;1-2,15H,3-8,12H2. The maximum Gasteiger partial charge on any atom is 0.264 e. The Morgan fingerprint density at radius 1 is 0.649 bits per heavy atom. The zero-order chi connectivity index (χ0) is 53.9. The van der Waals surface area contributed by atoms with E-state index in [1.54, 1.807) is 42.7 Å². The first-order chi connectivity index (χ1) is 37.6. The van der Waals surface area contributed by atoms with Crippen LogP contribution in [0.4, 0.5) is 5.00 Å². The number of aliphatic hydroxyl groups excluding tert-OH is 2. The number of β-amino-alcohol motifs (C(OH)–C–C–N with tert-alkyl or cyclic N) is 2.